The number of aromatic nitrogens is 5. The minimum atomic E-state index is -0.690. The van der Waals surface area contributed by atoms with Crippen LogP contribution in [-0.2, 0) is 12.6 Å². The second kappa shape index (κ2) is 10.6. The molecule has 0 fully saturated rings. The Labute approximate surface area is 229 Å². The third-order valence-corrected chi connectivity index (χ3v) is 5.90. The van der Waals surface area contributed by atoms with E-state index in [1.807, 2.05) is 34.0 Å². The van der Waals surface area contributed by atoms with E-state index in [0.717, 1.165) is 5.56 Å². The number of anilines is 2. The molecule has 9 nitrogen and oxygen atoms in total. The first-order valence-electron chi connectivity index (χ1n) is 12.4. The summed E-state index contributed by atoms with van der Waals surface area (Å²) in [6.07, 6.45) is 6.76. The fraction of sp³-hybridized carbons (Fsp3) is 0.172. The number of benzene rings is 2. The van der Waals surface area contributed by atoms with Crippen molar-refractivity contribution in [3.05, 3.63) is 91.0 Å². The largest absolute Gasteiger partial charge is 0.457 e. The van der Waals surface area contributed by atoms with Gasteiger partial charge in [-0.1, -0.05) is 12.1 Å². The van der Waals surface area contributed by atoms with Crippen molar-refractivity contribution in [2.45, 2.75) is 26.3 Å². The van der Waals surface area contributed by atoms with Crippen LogP contribution < -0.4 is 15.4 Å². The van der Waals surface area contributed by atoms with Gasteiger partial charge >= 0.3 is 6.03 Å². The quantitative estimate of drug-likeness (QED) is 0.245. The molecule has 0 saturated heterocycles. The summed E-state index contributed by atoms with van der Waals surface area (Å²) in [5, 5.41) is 13.9. The standard InChI is InChI=1S/C29H27F2N7O2/c1-29(2,3)38-17-26(27(36-38)18-6-5-7-20(30)12-18)35-28(39)34-24-9-8-21(13-23(24)31)40-22-10-11-32-25(14-22)19-15-33-37(4)16-19/h5-17H,1-4H3,(H2,34,35,39). The maximum atomic E-state index is 14.9. The molecular weight excluding hydrogens is 516 g/mol. The van der Waals surface area contributed by atoms with Crippen LogP contribution in [0.4, 0.5) is 25.0 Å². The molecule has 0 spiro atoms. The van der Waals surface area contributed by atoms with Crippen LogP contribution in [0.15, 0.2) is 79.4 Å². The number of hydrogen-bond donors (Lipinski definition) is 2. The molecule has 0 unspecified atom stereocenters. The van der Waals surface area contributed by atoms with Crippen molar-refractivity contribution in [3.8, 4) is 34.0 Å². The highest BCUT2D eigenvalue weighted by atomic mass is 19.1. The van der Waals surface area contributed by atoms with Gasteiger partial charge in [0.25, 0.3) is 0 Å². The van der Waals surface area contributed by atoms with Crippen molar-refractivity contribution in [2.75, 3.05) is 10.6 Å². The number of ether oxygens (including phenoxy) is 1. The van der Waals surface area contributed by atoms with Crippen molar-refractivity contribution in [2.24, 2.45) is 7.05 Å². The summed E-state index contributed by atoms with van der Waals surface area (Å²) >= 11 is 0. The maximum Gasteiger partial charge on any atom is 0.323 e. The van der Waals surface area contributed by atoms with Gasteiger partial charge in [-0.15, -0.1) is 0 Å². The van der Waals surface area contributed by atoms with E-state index in [-0.39, 0.29) is 11.4 Å². The van der Waals surface area contributed by atoms with Crippen LogP contribution in [-0.4, -0.2) is 30.6 Å². The lowest BCUT2D eigenvalue weighted by molar-refractivity contribution is 0.262. The van der Waals surface area contributed by atoms with Gasteiger partial charge in [0.05, 0.1) is 28.8 Å². The summed E-state index contributed by atoms with van der Waals surface area (Å²) in [5.41, 5.74) is 2.26. The topological polar surface area (TPSA) is 98.9 Å². The molecule has 5 rings (SSSR count). The molecule has 5 aromatic rings. The molecule has 2 aromatic carbocycles. The van der Waals surface area contributed by atoms with E-state index in [1.54, 1.807) is 58.3 Å². The predicted octanol–water partition coefficient (Wildman–Crippen LogP) is 6.82. The molecule has 0 aliphatic carbocycles. The lowest BCUT2D eigenvalue weighted by Crippen LogP contribution is -2.22. The van der Waals surface area contributed by atoms with Gasteiger partial charge in [0.2, 0.25) is 0 Å². The number of nitrogens with zero attached hydrogens (tertiary/aromatic N) is 5. The van der Waals surface area contributed by atoms with Gasteiger partial charge in [0.15, 0.2) is 0 Å². The average Bonchev–Trinajstić information content (AvgIpc) is 3.52. The molecule has 11 heteroatoms. The molecule has 0 bridgehead atoms. The average molecular weight is 544 g/mol. The summed E-state index contributed by atoms with van der Waals surface area (Å²) in [7, 11) is 1.81. The Balaban J connectivity index is 1.31. The van der Waals surface area contributed by atoms with Crippen LogP contribution in [0.25, 0.3) is 22.5 Å². The zero-order chi connectivity index (χ0) is 28.4. The summed E-state index contributed by atoms with van der Waals surface area (Å²) in [5.74, 6) is -0.410. The number of pyridine rings is 1. The van der Waals surface area contributed by atoms with E-state index >= 15 is 0 Å². The molecule has 0 radical (unpaired) electrons. The minimum absolute atomic E-state index is 0.0499. The normalized spacial score (nSPS) is 11.3. The van der Waals surface area contributed by atoms with Crippen molar-refractivity contribution >= 4 is 17.4 Å². The number of amides is 2. The number of carbonyl (C=O) groups excluding carboxylic acids is 1. The minimum Gasteiger partial charge on any atom is -0.457 e. The predicted molar refractivity (Wildman–Crippen MR) is 148 cm³/mol. The molecule has 40 heavy (non-hydrogen) atoms. The van der Waals surface area contributed by atoms with Gasteiger partial charge in [0.1, 0.15) is 28.8 Å². The SMILES string of the molecule is Cn1cc(-c2cc(Oc3ccc(NC(=O)Nc4cn(C(C)(C)C)nc4-c4cccc(F)c4)c(F)c3)ccn2)cn1. The number of carbonyl (C=O) groups is 1. The van der Waals surface area contributed by atoms with E-state index < -0.39 is 23.2 Å². The highest BCUT2D eigenvalue weighted by molar-refractivity contribution is 6.02. The lowest BCUT2D eigenvalue weighted by Gasteiger charge is -2.18. The van der Waals surface area contributed by atoms with Crippen molar-refractivity contribution in [1.82, 2.24) is 24.5 Å². The van der Waals surface area contributed by atoms with Crippen molar-refractivity contribution in [3.63, 3.8) is 0 Å². The molecule has 0 aliphatic heterocycles. The summed E-state index contributed by atoms with van der Waals surface area (Å²) in [6.45, 7) is 5.84. The number of rotatable bonds is 6. The zero-order valence-corrected chi connectivity index (χ0v) is 22.3. The zero-order valence-electron chi connectivity index (χ0n) is 22.3. The maximum absolute atomic E-state index is 14.9. The van der Waals surface area contributed by atoms with Crippen molar-refractivity contribution in [1.29, 1.82) is 0 Å². The molecule has 204 valence electrons. The Morgan fingerprint density at radius 2 is 1.70 bits per heavy atom. The molecule has 2 amide bonds. The Morgan fingerprint density at radius 1 is 0.925 bits per heavy atom. The van der Waals surface area contributed by atoms with Gasteiger partial charge < -0.3 is 15.4 Å². The molecular formula is C29H27F2N7O2. The van der Waals surface area contributed by atoms with Gasteiger partial charge in [-0.05, 0) is 51.1 Å². The van der Waals surface area contributed by atoms with Gasteiger partial charge in [-0.2, -0.15) is 10.2 Å². The Morgan fingerprint density at radius 3 is 2.40 bits per heavy atom. The summed E-state index contributed by atoms with van der Waals surface area (Å²) in [6, 6.07) is 12.7. The molecule has 3 aromatic heterocycles. The number of aryl methyl sites for hydroxylation is 1. The highest BCUT2D eigenvalue weighted by Gasteiger charge is 2.21. The lowest BCUT2D eigenvalue weighted by atomic mass is 10.1. The Kier molecular flexibility index (Phi) is 7.03. The molecule has 0 saturated carbocycles. The van der Waals surface area contributed by atoms with E-state index in [9.17, 15) is 13.6 Å². The highest BCUT2D eigenvalue weighted by Crippen LogP contribution is 2.31. The first kappa shape index (κ1) is 26.5. The molecule has 2 N–H and O–H groups in total. The van der Waals surface area contributed by atoms with E-state index in [0.29, 0.717) is 28.4 Å². The van der Waals surface area contributed by atoms with E-state index in [2.05, 4.69) is 25.8 Å². The van der Waals surface area contributed by atoms with E-state index in [4.69, 9.17) is 4.74 Å². The summed E-state index contributed by atoms with van der Waals surface area (Å²) in [4.78, 5) is 17.2. The van der Waals surface area contributed by atoms with Crippen LogP contribution in [0.1, 0.15) is 20.8 Å². The van der Waals surface area contributed by atoms with Gasteiger partial charge in [-0.3, -0.25) is 14.3 Å². The van der Waals surface area contributed by atoms with Crippen LogP contribution >= 0.6 is 0 Å². The van der Waals surface area contributed by atoms with Gasteiger partial charge in [-0.25, -0.2) is 13.6 Å². The van der Waals surface area contributed by atoms with Crippen LogP contribution in [0, 0.1) is 11.6 Å². The van der Waals surface area contributed by atoms with E-state index in [1.165, 1.54) is 24.3 Å². The molecule has 0 aliphatic rings. The van der Waals surface area contributed by atoms with Gasteiger partial charge in [0, 0.05) is 48.9 Å². The number of halogens is 2. The number of hydrogen-bond acceptors (Lipinski definition) is 5. The number of nitrogens with one attached hydrogen (secondary N) is 2. The second-order valence-corrected chi connectivity index (χ2v) is 10.1. The second-order valence-electron chi connectivity index (χ2n) is 10.1. The van der Waals surface area contributed by atoms with Crippen LogP contribution in [0.2, 0.25) is 0 Å². The first-order chi connectivity index (χ1) is 19.0. The van der Waals surface area contributed by atoms with Crippen LogP contribution in [0.3, 0.4) is 0 Å². The number of urea groups is 1. The fourth-order valence-corrected chi connectivity index (χ4v) is 3.92. The fourth-order valence-electron chi connectivity index (χ4n) is 3.92. The molecule has 3 heterocycles. The summed E-state index contributed by atoms with van der Waals surface area (Å²) < 4.78 is 38.0. The molecule has 0 atom stereocenters. The Hall–Kier alpha value is -5.06. The third-order valence-electron chi connectivity index (χ3n) is 5.90. The first-order valence-corrected chi connectivity index (χ1v) is 12.4. The van der Waals surface area contributed by atoms with Crippen molar-refractivity contribution < 1.29 is 18.3 Å². The Bertz CT molecular complexity index is 1690. The third kappa shape index (κ3) is 5.98. The smallest absolute Gasteiger partial charge is 0.323 e. The van der Waals surface area contributed by atoms with Crippen LogP contribution in [0.5, 0.6) is 11.5 Å². The monoisotopic (exact) mass is 543 g/mol.